The number of hydrogen-bond donors (Lipinski definition) is 1. The molecule has 0 aliphatic heterocycles. The number of carbonyl (C=O) groups excluding carboxylic acids is 1. The van der Waals surface area contributed by atoms with Crippen molar-refractivity contribution in [1.82, 2.24) is 4.84 Å². The Balaban J connectivity index is 2.74. The van der Waals surface area contributed by atoms with Gasteiger partial charge in [-0.1, -0.05) is 12.1 Å². The zero-order valence-electron chi connectivity index (χ0n) is 9.05. The fourth-order valence-electron chi connectivity index (χ4n) is 1.30. The lowest BCUT2D eigenvalue weighted by molar-refractivity contribution is -0.384. The third-order valence-electron chi connectivity index (χ3n) is 2.20. The van der Waals surface area contributed by atoms with Crippen molar-refractivity contribution in [2.24, 2.45) is 0 Å². The first-order chi connectivity index (χ1) is 8.08. The molecule has 0 amide bonds. The van der Waals surface area contributed by atoms with E-state index < -0.39 is 16.9 Å². The van der Waals surface area contributed by atoms with E-state index in [-0.39, 0.29) is 5.69 Å². The fourth-order valence-corrected chi connectivity index (χ4v) is 1.46. The fraction of sp³-hybridized carbons (Fsp3) is 0.300. The van der Waals surface area contributed by atoms with Crippen LogP contribution in [0.1, 0.15) is 5.56 Å². The van der Waals surface area contributed by atoms with E-state index in [1.807, 2.05) is 0 Å². The number of hydrogen-bond acceptors (Lipinski definition) is 5. The number of ether oxygens (including phenoxy) is 1. The lowest BCUT2D eigenvalue weighted by Gasteiger charge is -2.11. The van der Waals surface area contributed by atoms with E-state index in [0.717, 1.165) is 5.56 Å². The molecule has 1 aromatic rings. The summed E-state index contributed by atoms with van der Waals surface area (Å²) < 4.78 is 4.54. The molecule has 0 saturated carbocycles. The molecule has 0 aliphatic carbocycles. The maximum Gasteiger partial charge on any atom is 0.324 e. The van der Waals surface area contributed by atoms with Gasteiger partial charge in [0, 0.05) is 12.1 Å². The number of rotatable bonds is 5. The second kappa shape index (κ2) is 6.17. The second-order valence-electron chi connectivity index (χ2n) is 3.31. The Morgan fingerprint density at radius 3 is 2.53 bits per heavy atom. The van der Waals surface area contributed by atoms with Crippen LogP contribution in [0.2, 0.25) is 0 Å². The molecule has 17 heavy (non-hydrogen) atoms. The summed E-state index contributed by atoms with van der Waals surface area (Å²) >= 11 is 5.41. The van der Waals surface area contributed by atoms with Crippen molar-refractivity contribution in [1.29, 1.82) is 0 Å². The highest BCUT2D eigenvalue weighted by atomic mass is 35.5. The quantitative estimate of drug-likeness (QED) is 0.374. The van der Waals surface area contributed by atoms with Gasteiger partial charge in [0.15, 0.2) is 0 Å². The maximum absolute atomic E-state index is 11.2. The average molecular weight is 259 g/mol. The SMILES string of the molecule is COC(=O)[C@H](Cc1ccc([N+](=O)[O-])cc1)NCl. The normalized spacial score (nSPS) is 11.9. The van der Waals surface area contributed by atoms with Crippen molar-refractivity contribution in [2.45, 2.75) is 12.5 Å². The predicted octanol–water partition coefficient (Wildman–Crippen LogP) is 1.42. The number of carbonyl (C=O) groups is 1. The molecule has 0 heterocycles. The Morgan fingerprint density at radius 2 is 2.12 bits per heavy atom. The Morgan fingerprint density at radius 1 is 1.53 bits per heavy atom. The number of nitrogens with one attached hydrogen (secondary N) is 1. The molecular formula is C10H11ClN2O4. The van der Waals surface area contributed by atoms with Crippen molar-refractivity contribution in [2.75, 3.05) is 7.11 Å². The lowest BCUT2D eigenvalue weighted by atomic mass is 10.1. The third-order valence-corrected chi connectivity index (χ3v) is 2.47. The van der Waals surface area contributed by atoms with Gasteiger partial charge in [-0.25, -0.2) is 4.84 Å². The van der Waals surface area contributed by atoms with E-state index >= 15 is 0 Å². The van der Waals surface area contributed by atoms with Gasteiger partial charge >= 0.3 is 5.97 Å². The first-order valence-corrected chi connectivity index (χ1v) is 5.13. The highest BCUT2D eigenvalue weighted by Crippen LogP contribution is 2.13. The monoisotopic (exact) mass is 258 g/mol. The molecule has 0 unspecified atom stereocenters. The van der Waals surface area contributed by atoms with Crippen LogP contribution in [0, 0.1) is 10.1 Å². The van der Waals surface area contributed by atoms with Crippen LogP contribution < -0.4 is 4.84 Å². The van der Waals surface area contributed by atoms with Crippen molar-refractivity contribution in [3.8, 4) is 0 Å². The molecule has 0 spiro atoms. The lowest BCUT2D eigenvalue weighted by Crippen LogP contribution is -2.33. The van der Waals surface area contributed by atoms with Crippen molar-refractivity contribution >= 4 is 23.4 Å². The molecule has 6 nitrogen and oxygen atoms in total. The summed E-state index contributed by atoms with van der Waals surface area (Å²) in [7, 11) is 1.26. The standard InChI is InChI=1S/C10H11ClN2O4/c1-17-10(14)9(12-11)6-7-2-4-8(5-3-7)13(15)16/h2-5,9,12H,6H2,1H3/t9-/m0/s1. The Hall–Kier alpha value is -1.66. The van der Waals surface area contributed by atoms with Crippen LogP contribution in [0.4, 0.5) is 5.69 Å². The molecule has 0 bridgehead atoms. The van der Waals surface area contributed by atoms with Crippen LogP contribution in [0.5, 0.6) is 0 Å². The minimum Gasteiger partial charge on any atom is -0.468 e. The molecule has 7 heteroatoms. The smallest absolute Gasteiger partial charge is 0.324 e. The highest BCUT2D eigenvalue weighted by Gasteiger charge is 2.18. The van der Waals surface area contributed by atoms with E-state index in [2.05, 4.69) is 9.57 Å². The van der Waals surface area contributed by atoms with E-state index in [1.165, 1.54) is 19.2 Å². The second-order valence-corrected chi connectivity index (χ2v) is 3.53. The van der Waals surface area contributed by atoms with Crippen LogP contribution in [0.15, 0.2) is 24.3 Å². The average Bonchev–Trinajstić information content (AvgIpc) is 2.35. The van der Waals surface area contributed by atoms with Crippen LogP contribution >= 0.6 is 11.8 Å². The molecule has 0 aromatic heterocycles. The summed E-state index contributed by atoms with van der Waals surface area (Å²) in [5.41, 5.74) is 0.751. The van der Waals surface area contributed by atoms with Gasteiger partial charge < -0.3 is 4.74 Å². The zero-order valence-corrected chi connectivity index (χ0v) is 9.81. The topological polar surface area (TPSA) is 81.5 Å². The van der Waals surface area contributed by atoms with E-state index in [4.69, 9.17) is 11.8 Å². The van der Waals surface area contributed by atoms with Gasteiger partial charge in [-0.2, -0.15) is 0 Å². The number of non-ortho nitro benzene ring substituents is 1. The predicted molar refractivity (Wildman–Crippen MR) is 61.6 cm³/mol. The highest BCUT2D eigenvalue weighted by molar-refractivity contribution is 6.14. The number of benzene rings is 1. The van der Waals surface area contributed by atoms with Crippen molar-refractivity contribution < 1.29 is 14.5 Å². The largest absolute Gasteiger partial charge is 0.468 e. The molecule has 1 aromatic carbocycles. The molecular weight excluding hydrogens is 248 g/mol. The zero-order chi connectivity index (χ0) is 12.8. The molecule has 1 atom stereocenters. The van der Waals surface area contributed by atoms with E-state index in [0.29, 0.717) is 6.42 Å². The van der Waals surface area contributed by atoms with Crippen LogP contribution in [-0.4, -0.2) is 24.0 Å². The Bertz CT molecular complexity index is 407. The summed E-state index contributed by atoms with van der Waals surface area (Å²) in [6, 6.07) is 5.21. The number of nitro groups is 1. The van der Waals surface area contributed by atoms with Crippen LogP contribution in [0.3, 0.4) is 0 Å². The summed E-state index contributed by atoms with van der Waals surface area (Å²) in [5, 5.41) is 10.4. The minimum absolute atomic E-state index is 0.00204. The number of esters is 1. The molecule has 1 N–H and O–H groups in total. The first kappa shape index (κ1) is 13.4. The van der Waals surface area contributed by atoms with Gasteiger partial charge in [-0.05, 0) is 23.8 Å². The molecule has 92 valence electrons. The maximum atomic E-state index is 11.2. The summed E-state index contributed by atoms with van der Waals surface area (Å²) in [5.74, 6) is -0.488. The van der Waals surface area contributed by atoms with Gasteiger partial charge in [0.05, 0.1) is 12.0 Å². The summed E-state index contributed by atoms with van der Waals surface area (Å²) in [4.78, 5) is 23.5. The summed E-state index contributed by atoms with van der Waals surface area (Å²) in [6.45, 7) is 0. The number of nitro benzene ring substituents is 1. The van der Waals surface area contributed by atoms with E-state index in [9.17, 15) is 14.9 Å². The van der Waals surface area contributed by atoms with Gasteiger partial charge in [0.2, 0.25) is 0 Å². The molecule has 0 aliphatic rings. The van der Waals surface area contributed by atoms with E-state index in [1.54, 1.807) is 12.1 Å². The van der Waals surface area contributed by atoms with Crippen LogP contribution in [-0.2, 0) is 16.0 Å². The minimum atomic E-state index is -0.678. The van der Waals surface area contributed by atoms with Gasteiger partial charge in [0.25, 0.3) is 5.69 Å². The van der Waals surface area contributed by atoms with Crippen LogP contribution in [0.25, 0.3) is 0 Å². The molecule has 0 saturated heterocycles. The first-order valence-electron chi connectivity index (χ1n) is 4.75. The molecule has 0 radical (unpaired) electrons. The number of methoxy groups -OCH3 is 1. The van der Waals surface area contributed by atoms with Crippen molar-refractivity contribution in [3.05, 3.63) is 39.9 Å². The summed E-state index contributed by atoms with van der Waals surface area (Å²) in [6.07, 6.45) is 0.300. The molecule has 0 fully saturated rings. The Labute approximate surface area is 103 Å². The number of nitrogens with zero attached hydrogens (tertiary/aromatic N) is 1. The van der Waals surface area contributed by atoms with Gasteiger partial charge in [-0.3, -0.25) is 14.9 Å². The Kier molecular flexibility index (Phi) is 4.86. The number of halogens is 1. The molecule has 1 rings (SSSR count). The van der Waals surface area contributed by atoms with Gasteiger partial charge in [0.1, 0.15) is 6.04 Å². The third kappa shape index (κ3) is 3.69. The van der Waals surface area contributed by atoms with Gasteiger partial charge in [-0.15, -0.1) is 0 Å². The van der Waals surface area contributed by atoms with Crippen molar-refractivity contribution in [3.63, 3.8) is 0 Å².